The highest BCUT2D eigenvalue weighted by Crippen LogP contribution is 2.29. The minimum Gasteiger partial charge on any atom is -0.372 e. The van der Waals surface area contributed by atoms with Gasteiger partial charge in [-0.1, -0.05) is 78.9 Å². The van der Waals surface area contributed by atoms with E-state index >= 15 is 0 Å². The number of fused-ring (bicyclic) bond motifs is 1. The van der Waals surface area contributed by atoms with Gasteiger partial charge in [0.25, 0.3) is 11.7 Å². The van der Waals surface area contributed by atoms with Gasteiger partial charge in [0.2, 0.25) is 0 Å². The number of hydrazine groups is 1. The summed E-state index contributed by atoms with van der Waals surface area (Å²) in [5.41, 5.74) is 5.58. The van der Waals surface area contributed by atoms with Gasteiger partial charge < -0.3 is 5.11 Å². The standard InChI is InChI=1S/C23H19N3O2/c27-22(26-25-21-16-15-17-9-7-8-14-20(17)24-21)23(28,18-10-3-1-4-11-18)19-12-5-2-6-13-19/h1-16,28H,(H,24,25)(H,26,27)/p+1. The molecule has 0 saturated heterocycles. The van der Waals surface area contributed by atoms with Gasteiger partial charge in [-0.3, -0.25) is 4.79 Å². The number of H-pyrrole nitrogens is 1. The van der Waals surface area contributed by atoms with Crippen molar-refractivity contribution in [3.8, 4) is 0 Å². The first-order valence-corrected chi connectivity index (χ1v) is 8.99. The van der Waals surface area contributed by atoms with E-state index in [-0.39, 0.29) is 0 Å². The van der Waals surface area contributed by atoms with Gasteiger partial charge in [-0.05, 0) is 23.3 Å². The third-order valence-corrected chi connectivity index (χ3v) is 4.68. The molecule has 0 saturated carbocycles. The highest BCUT2D eigenvalue weighted by atomic mass is 16.3. The fraction of sp³-hybridized carbons (Fsp3) is 0.0435. The van der Waals surface area contributed by atoms with Gasteiger partial charge in [0, 0.05) is 11.5 Å². The molecule has 0 aliphatic heterocycles. The largest absolute Gasteiger partial charge is 0.372 e. The molecule has 0 radical (unpaired) electrons. The summed E-state index contributed by atoms with van der Waals surface area (Å²) < 4.78 is 0. The first-order valence-electron chi connectivity index (χ1n) is 8.99. The lowest BCUT2D eigenvalue weighted by atomic mass is 9.85. The van der Waals surface area contributed by atoms with Gasteiger partial charge in [0.1, 0.15) is 5.52 Å². The summed E-state index contributed by atoms with van der Waals surface area (Å²) in [5, 5.41) is 12.5. The summed E-state index contributed by atoms with van der Waals surface area (Å²) in [5.74, 6) is 0.0296. The lowest BCUT2D eigenvalue weighted by molar-refractivity contribution is -0.327. The fourth-order valence-corrected chi connectivity index (χ4v) is 3.19. The molecule has 3 aromatic carbocycles. The lowest BCUT2D eigenvalue weighted by Gasteiger charge is -2.27. The van der Waals surface area contributed by atoms with Crippen LogP contribution >= 0.6 is 0 Å². The number of benzene rings is 3. The third kappa shape index (κ3) is 3.31. The number of pyridine rings is 1. The van der Waals surface area contributed by atoms with Crippen molar-refractivity contribution >= 4 is 22.6 Å². The van der Waals surface area contributed by atoms with Crippen LogP contribution in [0, 0.1) is 0 Å². The summed E-state index contributed by atoms with van der Waals surface area (Å²) in [6.45, 7) is 0. The Morgan fingerprint density at radius 2 is 1.32 bits per heavy atom. The average Bonchev–Trinajstić information content (AvgIpc) is 2.78. The molecule has 0 aliphatic rings. The SMILES string of the molecule is O=C(NNc1ccc2ccccc2[nH+]1)C(O)(c1ccccc1)c1ccccc1. The number of hydrogen-bond acceptors (Lipinski definition) is 3. The van der Waals surface area contributed by atoms with Crippen LogP contribution in [-0.2, 0) is 10.4 Å². The smallest absolute Gasteiger partial charge is 0.296 e. The summed E-state index contributed by atoms with van der Waals surface area (Å²) in [7, 11) is 0. The highest BCUT2D eigenvalue weighted by Gasteiger charge is 2.40. The molecule has 1 amide bonds. The predicted molar refractivity (Wildman–Crippen MR) is 108 cm³/mol. The van der Waals surface area contributed by atoms with E-state index in [9.17, 15) is 9.90 Å². The number of hydrogen-bond donors (Lipinski definition) is 3. The zero-order valence-corrected chi connectivity index (χ0v) is 15.1. The molecule has 4 N–H and O–H groups in total. The van der Waals surface area contributed by atoms with E-state index in [1.165, 1.54) is 0 Å². The van der Waals surface area contributed by atoms with Crippen LogP contribution in [0.5, 0.6) is 0 Å². The van der Waals surface area contributed by atoms with Crippen LogP contribution in [0.25, 0.3) is 10.9 Å². The van der Waals surface area contributed by atoms with Crippen LogP contribution in [0.1, 0.15) is 11.1 Å². The van der Waals surface area contributed by atoms with Crippen molar-refractivity contribution in [3.63, 3.8) is 0 Å². The van der Waals surface area contributed by atoms with Crippen molar-refractivity contribution in [3.05, 3.63) is 108 Å². The van der Waals surface area contributed by atoms with Crippen molar-refractivity contribution in [2.45, 2.75) is 5.60 Å². The molecule has 0 fully saturated rings. The topological polar surface area (TPSA) is 75.5 Å². The maximum Gasteiger partial charge on any atom is 0.296 e. The second-order valence-electron chi connectivity index (χ2n) is 6.48. The van der Waals surface area contributed by atoms with E-state index in [1.807, 2.05) is 48.5 Å². The number of rotatable bonds is 5. The monoisotopic (exact) mass is 370 g/mol. The number of aromatic amines is 1. The van der Waals surface area contributed by atoms with E-state index in [2.05, 4.69) is 15.8 Å². The third-order valence-electron chi connectivity index (χ3n) is 4.68. The molecule has 5 heteroatoms. The van der Waals surface area contributed by atoms with Gasteiger partial charge in [-0.15, -0.1) is 0 Å². The second-order valence-corrected chi connectivity index (χ2v) is 6.48. The lowest BCUT2D eigenvalue weighted by Crippen LogP contribution is -2.48. The van der Waals surface area contributed by atoms with Crippen LogP contribution in [0.4, 0.5) is 5.82 Å². The number of carbonyl (C=O) groups is 1. The minimum absolute atomic E-state index is 0.489. The van der Waals surface area contributed by atoms with Gasteiger partial charge >= 0.3 is 0 Å². The molecule has 1 heterocycles. The Labute approximate surface area is 162 Å². The number of para-hydroxylation sites is 1. The molecule has 4 aromatic rings. The molecule has 0 bridgehead atoms. The van der Waals surface area contributed by atoms with Gasteiger partial charge in [-0.2, -0.15) is 10.9 Å². The first kappa shape index (κ1) is 17.7. The molecular weight excluding hydrogens is 350 g/mol. The maximum absolute atomic E-state index is 13.1. The van der Waals surface area contributed by atoms with Crippen LogP contribution < -0.4 is 15.8 Å². The number of aliphatic hydroxyl groups is 1. The van der Waals surface area contributed by atoms with E-state index in [0.29, 0.717) is 16.9 Å². The van der Waals surface area contributed by atoms with Crippen molar-refractivity contribution in [2.24, 2.45) is 0 Å². The number of aromatic nitrogens is 1. The summed E-state index contributed by atoms with van der Waals surface area (Å²) >= 11 is 0. The number of carbonyl (C=O) groups excluding carboxylic acids is 1. The molecule has 0 unspecified atom stereocenters. The molecule has 1 aromatic heterocycles. The van der Waals surface area contributed by atoms with Crippen molar-refractivity contribution in [1.82, 2.24) is 5.43 Å². The second kappa shape index (κ2) is 7.50. The zero-order chi connectivity index (χ0) is 19.4. The molecule has 0 spiro atoms. The fourth-order valence-electron chi connectivity index (χ4n) is 3.19. The van der Waals surface area contributed by atoms with Gasteiger partial charge in [0.15, 0.2) is 5.60 Å². The Balaban J connectivity index is 1.62. The molecule has 5 nitrogen and oxygen atoms in total. The van der Waals surface area contributed by atoms with Gasteiger partial charge in [0.05, 0.1) is 0 Å². The zero-order valence-electron chi connectivity index (χ0n) is 15.1. The van der Waals surface area contributed by atoms with E-state index in [4.69, 9.17) is 0 Å². The van der Waals surface area contributed by atoms with E-state index in [0.717, 1.165) is 10.9 Å². The Morgan fingerprint density at radius 1 is 0.750 bits per heavy atom. The normalized spacial score (nSPS) is 11.2. The molecule has 0 aliphatic carbocycles. The van der Waals surface area contributed by atoms with Crippen molar-refractivity contribution < 1.29 is 14.9 Å². The van der Waals surface area contributed by atoms with Crippen LogP contribution in [0.2, 0.25) is 0 Å². The van der Waals surface area contributed by atoms with Crippen LogP contribution in [0.3, 0.4) is 0 Å². The molecular formula is C23H20N3O2+. The summed E-state index contributed by atoms with van der Waals surface area (Å²) in [6, 6.07) is 29.4. The maximum atomic E-state index is 13.1. The minimum atomic E-state index is -1.83. The molecule has 0 atom stereocenters. The Kier molecular flexibility index (Phi) is 4.74. The number of anilines is 1. The Hall–Kier alpha value is -3.70. The van der Waals surface area contributed by atoms with Crippen LogP contribution in [0.15, 0.2) is 97.1 Å². The summed E-state index contributed by atoms with van der Waals surface area (Å²) in [4.78, 5) is 16.3. The average molecular weight is 370 g/mol. The van der Waals surface area contributed by atoms with Crippen LogP contribution in [-0.4, -0.2) is 11.0 Å². The van der Waals surface area contributed by atoms with E-state index < -0.39 is 11.5 Å². The number of amides is 1. The summed E-state index contributed by atoms with van der Waals surface area (Å²) in [6.07, 6.45) is 0. The van der Waals surface area contributed by atoms with Crippen molar-refractivity contribution in [2.75, 3.05) is 5.43 Å². The van der Waals surface area contributed by atoms with Crippen molar-refractivity contribution in [1.29, 1.82) is 0 Å². The molecule has 28 heavy (non-hydrogen) atoms. The quantitative estimate of drug-likeness (QED) is 0.473. The Bertz CT molecular complexity index is 1060. The first-order chi connectivity index (χ1) is 13.7. The van der Waals surface area contributed by atoms with Gasteiger partial charge in [-0.25, -0.2) is 4.98 Å². The number of nitrogens with one attached hydrogen (secondary N) is 3. The molecule has 4 rings (SSSR count). The Morgan fingerprint density at radius 3 is 1.96 bits per heavy atom. The van der Waals surface area contributed by atoms with E-state index in [1.54, 1.807) is 48.5 Å². The highest BCUT2D eigenvalue weighted by molar-refractivity contribution is 5.90. The predicted octanol–water partition coefficient (Wildman–Crippen LogP) is 3.03. The molecule has 138 valence electrons.